The molecule has 3 rings (SSSR count). The second kappa shape index (κ2) is 6.74. The molecule has 1 aromatic carbocycles. The van der Waals surface area contributed by atoms with Gasteiger partial charge in [-0.15, -0.1) is 0 Å². The van der Waals surface area contributed by atoms with Gasteiger partial charge >= 0.3 is 6.03 Å². The van der Waals surface area contributed by atoms with Crippen LogP contribution in [0.1, 0.15) is 35.7 Å². The molecule has 0 spiro atoms. The number of carbonyl (C=O) groups excluding carboxylic acids is 2. The molecule has 1 aliphatic carbocycles. The van der Waals surface area contributed by atoms with E-state index in [4.69, 9.17) is 5.73 Å². The average molecular weight is 327 g/mol. The van der Waals surface area contributed by atoms with Gasteiger partial charge in [0.1, 0.15) is 6.54 Å². The Morgan fingerprint density at radius 1 is 1.33 bits per heavy atom. The molecule has 1 aromatic heterocycles. The number of nitrogens with two attached hydrogens (primary N) is 1. The zero-order valence-electron chi connectivity index (χ0n) is 13.6. The highest BCUT2D eigenvalue weighted by Gasteiger charge is 2.25. The third kappa shape index (κ3) is 3.73. The Balaban J connectivity index is 1.67. The maximum Gasteiger partial charge on any atom is 0.319 e. The van der Waals surface area contributed by atoms with Gasteiger partial charge in [-0.3, -0.25) is 9.48 Å². The van der Waals surface area contributed by atoms with Crippen LogP contribution in [0.15, 0.2) is 30.5 Å². The zero-order valence-corrected chi connectivity index (χ0v) is 13.6. The van der Waals surface area contributed by atoms with E-state index in [0.717, 1.165) is 41.8 Å². The van der Waals surface area contributed by atoms with Crippen LogP contribution in [-0.4, -0.2) is 21.7 Å². The van der Waals surface area contributed by atoms with E-state index in [1.54, 1.807) is 4.68 Å². The summed E-state index contributed by atoms with van der Waals surface area (Å²) in [5.74, 6) is -0.434. The standard InChI is InChI=1S/C17H21N5O2/c1-11-5-7-13(8-6-11)19-17(24)20-14-4-2-3-12-9-22(10-15(18)23)21-16(12)14/h5-9,14H,2-4,10H2,1H3,(H2,18,23)(H2,19,20,24)/t14-/m0/s1. The van der Waals surface area contributed by atoms with Gasteiger partial charge in [-0.1, -0.05) is 17.7 Å². The molecule has 0 saturated heterocycles. The summed E-state index contributed by atoms with van der Waals surface area (Å²) in [6.07, 6.45) is 4.52. The first-order valence-electron chi connectivity index (χ1n) is 8.00. The highest BCUT2D eigenvalue weighted by atomic mass is 16.2. The molecule has 0 aliphatic heterocycles. The summed E-state index contributed by atoms with van der Waals surface area (Å²) >= 11 is 0. The predicted octanol–water partition coefficient (Wildman–Crippen LogP) is 1.88. The molecule has 4 N–H and O–H groups in total. The molecule has 0 unspecified atom stereocenters. The SMILES string of the molecule is Cc1ccc(NC(=O)N[C@H]2CCCc3cn(CC(N)=O)nc32)cc1. The molecule has 1 heterocycles. The number of aromatic nitrogens is 2. The first-order chi connectivity index (χ1) is 11.5. The number of urea groups is 1. The lowest BCUT2D eigenvalue weighted by molar-refractivity contribution is -0.118. The van der Waals surface area contributed by atoms with Gasteiger partial charge in [0, 0.05) is 11.9 Å². The number of rotatable bonds is 4. The van der Waals surface area contributed by atoms with E-state index in [1.165, 1.54) is 0 Å². The van der Waals surface area contributed by atoms with Crippen molar-refractivity contribution in [3.63, 3.8) is 0 Å². The fourth-order valence-corrected chi connectivity index (χ4v) is 2.94. The molecular formula is C17H21N5O2. The number of hydrogen-bond donors (Lipinski definition) is 3. The number of benzene rings is 1. The number of carbonyl (C=O) groups is 2. The van der Waals surface area contributed by atoms with E-state index < -0.39 is 5.91 Å². The van der Waals surface area contributed by atoms with Gasteiger partial charge in [0.15, 0.2) is 0 Å². The summed E-state index contributed by atoms with van der Waals surface area (Å²) in [5, 5.41) is 10.2. The highest BCUT2D eigenvalue weighted by molar-refractivity contribution is 5.89. The van der Waals surface area contributed by atoms with Crippen LogP contribution in [0, 0.1) is 6.92 Å². The second-order valence-electron chi connectivity index (χ2n) is 6.11. The van der Waals surface area contributed by atoms with Crippen molar-refractivity contribution in [1.29, 1.82) is 0 Å². The second-order valence-corrected chi connectivity index (χ2v) is 6.11. The van der Waals surface area contributed by atoms with Gasteiger partial charge < -0.3 is 16.4 Å². The lowest BCUT2D eigenvalue weighted by Gasteiger charge is -2.22. The number of nitrogens with zero attached hydrogens (tertiary/aromatic N) is 2. The Morgan fingerprint density at radius 2 is 2.08 bits per heavy atom. The Morgan fingerprint density at radius 3 is 2.79 bits per heavy atom. The van der Waals surface area contributed by atoms with E-state index >= 15 is 0 Å². The van der Waals surface area contributed by atoms with Crippen molar-refractivity contribution in [3.8, 4) is 0 Å². The fraction of sp³-hybridized carbons (Fsp3) is 0.353. The Bertz CT molecular complexity index is 751. The van der Waals surface area contributed by atoms with Crippen LogP contribution in [0.3, 0.4) is 0 Å². The topological polar surface area (TPSA) is 102 Å². The summed E-state index contributed by atoms with van der Waals surface area (Å²) < 4.78 is 1.55. The van der Waals surface area contributed by atoms with Crippen LogP contribution < -0.4 is 16.4 Å². The van der Waals surface area contributed by atoms with Gasteiger partial charge in [0.2, 0.25) is 5.91 Å². The number of aryl methyl sites for hydroxylation is 2. The van der Waals surface area contributed by atoms with Crippen molar-refractivity contribution in [2.75, 3.05) is 5.32 Å². The van der Waals surface area contributed by atoms with Crippen LogP contribution in [-0.2, 0) is 17.8 Å². The maximum absolute atomic E-state index is 12.2. The molecule has 3 amide bonds. The summed E-state index contributed by atoms with van der Waals surface area (Å²) in [6, 6.07) is 7.19. The van der Waals surface area contributed by atoms with Crippen molar-refractivity contribution in [2.45, 2.75) is 38.8 Å². The van der Waals surface area contributed by atoms with Crippen LogP contribution in [0.4, 0.5) is 10.5 Å². The number of fused-ring (bicyclic) bond motifs is 1. The number of hydrogen-bond acceptors (Lipinski definition) is 3. The number of primary amides is 1. The molecule has 0 bridgehead atoms. The molecule has 1 aliphatic rings. The van der Waals surface area contributed by atoms with Gasteiger partial charge in [-0.05, 0) is 43.9 Å². The summed E-state index contributed by atoms with van der Waals surface area (Å²) in [6.45, 7) is 2.05. The van der Waals surface area contributed by atoms with E-state index in [-0.39, 0.29) is 18.6 Å². The van der Waals surface area contributed by atoms with Gasteiger partial charge in [0.05, 0.1) is 11.7 Å². The lowest BCUT2D eigenvalue weighted by atomic mass is 9.94. The molecule has 126 valence electrons. The summed E-state index contributed by atoms with van der Waals surface area (Å²) in [4.78, 5) is 23.3. The Labute approximate surface area is 140 Å². The number of amides is 3. The number of nitrogens with one attached hydrogen (secondary N) is 2. The highest BCUT2D eigenvalue weighted by Crippen LogP contribution is 2.28. The van der Waals surface area contributed by atoms with Crippen molar-refractivity contribution in [1.82, 2.24) is 15.1 Å². The summed E-state index contributed by atoms with van der Waals surface area (Å²) in [7, 11) is 0. The molecule has 2 aromatic rings. The smallest absolute Gasteiger partial charge is 0.319 e. The van der Waals surface area contributed by atoms with E-state index in [2.05, 4.69) is 15.7 Å². The minimum Gasteiger partial charge on any atom is -0.368 e. The fourth-order valence-electron chi connectivity index (χ4n) is 2.94. The number of anilines is 1. The molecule has 0 fully saturated rings. The van der Waals surface area contributed by atoms with Crippen LogP contribution in [0.5, 0.6) is 0 Å². The van der Waals surface area contributed by atoms with Crippen molar-refractivity contribution in [3.05, 3.63) is 47.3 Å². The van der Waals surface area contributed by atoms with Crippen LogP contribution >= 0.6 is 0 Å². The predicted molar refractivity (Wildman–Crippen MR) is 90.4 cm³/mol. The average Bonchev–Trinajstić information content (AvgIpc) is 2.92. The van der Waals surface area contributed by atoms with Gasteiger partial charge in [-0.25, -0.2) is 4.79 Å². The monoisotopic (exact) mass is 327 g/mol. The molecule has 1 atom stereocenters. The van der Waals surface area contributed by atoms with E-state index in [9.17, 15) is 9.59 Å². The molecule has 0 saturated carbocycles. The Hall–Kier alpha value is -2.83. The quantitative estimate of drug-likeness (QED) is 0.799. The van der Waals surface area contributed by atoms with Gasteiger partial charge in [0.25, 0.3) is 0 Å². The zero-order chi connectivity index (χ0) is 17.1. The third-order valence-corrected chi connectivity index (χ3v) is 4.07. The normalized spacial score (nSPS) is 16.3. The van der Waals surface area contributed by atoms with E-state index in [1.807, 2.05) is 37.4 Å². The molecule has 7 nitrogen and oxygen atoms in total. The molecule has 0 radical (unpaired) electrons. The Kier molecular flexibility index (Phi) is 4.50. The van der Waals surface area contributed by atoms with Crippen LogP contribution in [0.25, 0.3) is 0 Å². The minimum atomic E-state index is -0.434. The van der Waals surface area contributed by atoms with Crippen molar-refractivity contribution < 1.29 is 9.59 Å². The first kappa shape index (κ1) is 16.0. The minimum absolute atomic E-state index is 0.0509. The molecule has 7 heteroatoms. The van der Waals surface area contributed by atoms with Crippen molar-refractivity contribution >= 4 is 17.6 Å². The summed E-state index contributed by atoms with van der Waals surface area (Å²) in [5.41, 5.74) is 8.97. The molecule has 24 heavy (non-hydrogen) atoms. The van der Waals surface area contributed by atoms with E-state index in [0.29, 0.717) is 0 Å². The third-order valence-electron chi connectivity index (χ3n) is 4.07. The molecular weight excluding hydrogens is 306 g/mol. The van der Waals surface area contributed by atoms with Crippen molar-refractivity contribution in [2.24, 2.45) is 5.73 Å². The van der Waals surface area contributed by atoms with Crippen LogP contribution in [0.2, 0.25) is 0 Å². The first-order valence-corrected chi connectivity index (χ1v) is 8.00. The lowest BCUT2D eigenvalue weighted by Crippen LogP contribution is -2.34. The largest absolute Gasteiger partial charge is 0.368 e. The van der Waals surface area contributed by atoms with Gasteiger partial charge in [-0.2, -0.15) is 5.10 Å². The maximum atomic E-state index is 12.2.